The SMILES string of the molecule is C#CCOc1ccc(CN[C@@H]2CCC(=O)N[C@H]2c2cc(F)cc(F)c2)cc1OC. The molecule has 0 aromatic heterocycles. The zero-order valence-electron chi connectivity index (χ0n) is 16.0. The van der Waals surface area contributed by atoms with Crippen LogP contribution in [0, 0.1) is 24.0 Å². The number of carbonyl (C=O) groups excluding carboxylic acids is 1. The van der Waals surface area contributed by atoms with Gasteiger partial charge in [-0.25, -0.2) is 8.78 Å². The molecule has 1 aliphatic rings. The van der Waals surface area contributed by atoms with Gasteiger partial charge in [-0.3, -0.25) is 4.79 Å². The highest BCUT2D eigenvalue weighted by molar-refractivity contribution is 5.77. The topological polar surface area (TPSA) is 59.6 Å². The maximum atomic E-state index is 13.7. The Morgan fingerprint density at radius 3 is 2.66 bits per heavy atom. The van der Waals surface area contributed by atoms with Crippen molar-refractivity contribution in [3.8, 4) is 23.8 Å². The van der Waals surface area contributed by atoms with Crippen LogP contribution in [0.15, 0.2) is 36.4 Å². The van der Waals surface area contributed by atoms with Crippen molar-refractivity contribution in [1.82, 2.24) is 10.6 Å². The third kappa shape index (κ3) is 5.24. The Labute approximate surface area is 168 Å². The van der Waals surface area contributed by atoms with E-state index in [0.717, 1.165) is 11.6 Å². The molecule has 7 heteroatoms. The number of halogens is 2. The molecule has 1 fully saturated rings. The van der Waals surface area contributed by atoms with Crippen LogP contribution in [0.4, 0.5) is 8.78 Å². The van der Waals surface area contributed by atoms with E-state index in [4.69, 9.17) is 15.9 Å². The molecule has 0 saturated carbocycles. The third-order valence-corrected chi connectivity index (χ3v) is 4.75. The van der Waals surface area contributed by atoms with Crippen molar-refractivity contribution >= 4 is 5.91 Å². The number of piperidine rings is 1. The summed E-state index contributed by atoms with van der Waals surface area (Å²) in [4.78, 5) is 11.9. The lowest BCUT2D eigenvalue weighted by Gasteiger charge is -2.33. The number of methoxy groups -OCH3 is 1. The van der Waals surface area contributed by atoms with Gasteiger partial charge in [-0.15, -0.1) is 6.42 Å². The first-order valence-corrected chi connectivity index (χ1v) is 9.22. The number of benzene rings is 2. The molecule has 2 aromatic carbocycles. The van der Waals surface area contributed by atoms with E-state index in [-0.39, 0.29) is 18.6 Å². The van der Waals surface area contributed by atoms with E-state index in [9.17, 15) is 13.6 Å². The number of hydrogen-bond donors (Lipinski definition) is 2. The molecule has 29 heavy (non-hydrogen) atoms. The summed E-state index contributed by atoms with van der Waals surface area (Å²) >= 11 is 0. The van der Waals surface area contributed by atoms with Gasteiger partial charge in [-0.05, 0) is 41.8 Å². The van der Waals surface area contributed by atoms with Crippen molar-refractivity contribution in [1.29, 1.82) is 0 Å². The Morgan fingerprint density at radius 2 is 1.97 bits per heavy atom. The summed E-state index contributed by atoms with van der Waals surface area (Å²) in [5, 5.41) is 6.20. The van der Waals surface area contributed by atoms with E-state index in [1.807, 2.05) is 12.1 Å². The Kier molecular flexibility index (Phi) is 6.68. The second-order valence-corrected chi connectivity index (χ2v) is 6.75. The van der Waals surface area contributed by atoms with Crippen molar-refractivity contribution in [3.63, 3.8) is 0 Å². The molecule has 152 valence electrons. The third-order valence-electron chi connectivity index (χ3n) is 4.75. The molecule has 2 N–H and O–H groups in total. The molecule has 0 unspecified atom stereocenters. The Morgan fingerprint density at radius 1 is 1.21 bits per heavy atom. The highest BCUT2D eigenvalue weighted by Gasteiger charge is 2.30. The number of amides is 1. The maximum Gasteiger partial charge on any atom is 0.220 e. The molecule has 0 bridgehead atoms. The normalized spacial score (nSPS) is 18.6. The number of carbonyl (C=O) groups is 1. The van der Waals surface area contributed by atoms with Gasteiger partial charge in [-0.1, -0.05) is 12.0 Å². The zero-order chi connectivity index (χ0) is 20.8. The van der Waals surface area contributed by atoms with Gasteiger partial charge in [0.25, 0.3) is 0 Å². The quantitative estimate of drug-likeness (QED) is 0.702. The van der Waals surface area contributed by atoms with Crippen LogP contribution < -0.4 is 20.1 Å². The number of ether oxygens (including phenoxy) is 2. The first kappa shape index (κ1) is 20.6. The molecular weight excluding hydrogens is 378 g/mol. The Hall–Kier alpha value is -3.11. The molecule has 0 aliphatic carbocycles. The van der Waals surface area contributed by atoms with Crippen molar-refractivity contribution in [3.05, 3.63) is 59.2 Å². The van der Waals surface area contributed by atoms with E-state index in [2.05, 4.69) is 16.6 Å². The maximum absolute atomic E-state index is 13.7. The first-order chi connectivity index (χ1) is 14.0. The monoisotopic (exact) mass is 400 g/mol. The summed E-state index contributed by atoms with van der Waals surface area (Å²) in [7, 11) is 1.54. The van der Waals surface area contributed by atoms with Crippen molar-refractivity contribution in [2.24, 2.45) is 0 Å². The highest BCUT2D eigenvalue weighted by atomic mass is 19.1. The fraction of sp³-hybridized carbons (Fsp3) is 0.318. The average Bonchev–Trinajstić information content (AvgIpc) is 2.70. The summed E-state index contributed by atoms with van der Waals surface area (Å²) in [5.41, 5.74) is 1.32. The number of rotatable bonds is 7. The van der Waals surface area contributed by atoms with Crippen LogP contribution in [0.1, 0.15) is 30.0 Å². The summed E-state index contributed by atoms with van der Waals surface area (Å²) in [5.74, 6) is 2.01. The van der Waals surface area contributed by atoms with Crippen molar-refractivity contribution < 1.29 is 23.0 Å². The predicted molar refractivity (Wildman–Crippen MR) is 104 cm³/mol. The molecule has 1 aliphatic heterocycles. The van der Waals surface area contributed by atoms with Gasteiger partial charge >= 0.3 is 0 Å². The number of nitrogens with one attached hydrogen (secondary N) is 2. The van der Waals surface area contributed by atoms with Gasteiger partial charge in [0.2, 0.25) is 5.91 Å². The summed E-state index contributed by atoms with van der Waals surface area (Å²) in [6.45, 7) is 0.613. The number of hydrogen-bond acceptors (Lipinski definition) is 4. The largest absolute Gasteiger partial charge is 0.493 e. The smallest absolute Gasteiger partial charge is 0.220 e. The molecule has 1 heterocycles. The van der Waals surface area contributed by atoms with Gasteiger partial charge in [0.1, 0.15) is 18.2 Å². The lowest BCUT2D eigenvalue weighted by molar-refractivity contribution is -0.123. The van der Waals surface area contributed by atoms with Crippen LogP contribution in [-0.4, -0.2) is 25.7 Å². The van der Waals surface area contributed by atoms with Crippen LogP contribution in [0.25, 0.3) is 0 Å². The van der Waals surface area contributed by atoms with Crippen LogP contribution in [0.3, 0.4) is 0 Å². The van der Waals surface area contributed by atoms with Crippen molar-refractivity contribution in [2.75, 3.05) is 13.7 Å². The Bertz CT molecular complexity index is 907. The van der Waals surface area contributed by atoms with Gasteiger partial charge in [0, 0.05) is 25.1 Å². The minimum atomic E-state index is -0.675. The molecule has 3 rings (SSSR count). The van der Waals surface area contributed by atoms with Crippen LogP contribution in [0.5, 0.6) is 11.5 Å². The molecule has 1 saturated heterocycles. The molecular formula is C22H22F2N2O3. The van der Waals surface area contributed by atoms with Crippen molar-refractivity contribution in [2.45, 2.75) is 31.5 Å². The minimum Gasteiger partial charge on any atom is -0.493 e. The molecule has 1 amide bonds. The van der Waals surface area contributed by atoms with Gasteiger partial charge in [-0.2, -0.15) is 0 Å². The molecule has 2 aromatic rings. The summed E-state index contributed by atoms with van der Waals surface area (Å²) in [6, 6.07) is 8.07. The fourth-order valence-electron chi connectivity index (χ4n) is 3.40. The molecule has 0 spiro atoms. The van der Waals surface area contributed by atoms with E-state index in [1.54, 1.807) is 13.2 Å². The summed E-state index contributed by atoms with van der Waals surface area (Å²) < 4.78 is 38.1. The lowest BCUT2D eigenvalue weighted by Crippen LogP contribution is -2.48. The fourth-order valence-corrected chi connectivity index (χ4v) is 3.40. The number of terminal acetylenes is 1. The van der Waals surface area contributed by atoms with E-state index < -0.39 is 17.7 Å². The molecule has 2 atom stereocenters. The Balaban J connectivity index is 1.74. The predicted octanol–water partition coefficient (Wildman–Crippen LogP) is 3.09. The minimum absolute atomic E-state index is 0.140. The lowest BCUT2D eigenvalue weighted by atomic mass is 9.91. The van der Waals surface area contributed by atoms with E-state index >= 15 is 0 Å². The average molecular weight is 400 g/mol. The van der Waals surface area contributed by atoms with E-state index in [1.165, 1.54) is 12.1 Å². The standard InChI is InChI=1S/C22H22F2N2O3/c1-3-8-29-19-6-4-14(9-20(19)28-2)13-25-18-5-7-21(27)26-22(18)15-10-16(23)12-17(24)11-15/h1,4,6,9-12,18,22,25H,5,7-8,13H2,2H3,(H,26,27)/t18-,22+/m1/s1. The van der Waals surface area contributed by atoms with Gasteiger partial charge < -0.3 is 20.1 Å². The molecule has 0 radical (unpaired) electrons. The summed E-state index contributed by atoms with van der Waals surface area (Å²) in [6.07, 6.45) is 6.11. The van der Waals surface area contributed by atoms with Crippen LogP contribution in [0.2, 0.25) is 0 Å². The zero-order valence-corrected chi connectivity index (χ0v) is 16.0. The highest BCUT2D eigenvalue weighted by Crippen LogP contribution is 2.29. The van der Waals surface area contributed by atoms with Gasteiger partial charge in [0.15, 0.2) is 11.5 Å². The van der Waals surface area contributed by atoms with Gasteiger partial charge in [0.05, 0.1) is 13.2 Å². The van der Waals surface area contributed by atoms with E-state index in [0.29, 0.717) is 36.4 Å². The second-order valence-electron chi connectivity index (χ2n) is 6.75. The van der Waals surface area contributed by atoms with Crippen LogP contribution >= 0.6 is 0 Å². The van der Waals surface area contributed by atoms with Crippen LogP contribution in [-0.2, 0) is 11.3 Å². The molecule has 5 nitrogen and oxygen atoms in total. The first-order valence-electron chi connectivity index (χ1n) is 9.22. The second kappa shape index (κ2) is 9.39.